The molecule has 0 aromatic carbocycles. The molecule has 2 N–H and O–H groups in total. The Balaban J connectivity index is 2.11. The van der Waals surface area contributed by atoms with Crippen LogP contribution in [-0.2, 0) is 0 Å². The van der Waals surface area contributed by atoms with Gasteiger partial charge in [-0.05, 0) is 51.7 Å². The summed E-state index contributed by atoms with van der Waals surface area (Å²) in [4.78, 5) is 11.4. The number of aromatic nitrogens is 2. The fraction of sp³-hybridized carbons (Fsp3) is 0.667. The van der Waals surface area contributed by atoms with Crippen molar-refractivity contribution in [3.63, 3.8) is 0 Å². The first kappa shape index (κ1) is 15.9. The summed E-state index contributed by atoms with van der Waals surface area (Å²) in [7, 11) is 0. The highest BCUT2D eigenvalue weighted by molar-refractivity contribution is 7.80. The average Bonchev–Trinajstić information content (AvgIpc) is 2.45. The van der Waals surface area contributed by atoms with Crippen molar-refractivity contribution in [3.05, 3.63) is 11.8 Å². The molecule has 0 saturated carbocycles. The van der Waals surface area contributed by atoms with Gasteiger partial charge in [0.15, 0.2) is 5.11 Å². The van der Waals surface area contributed by atoms with Gasteiger partial charge in [-0.3, -0.25) is 0 Å². The Labute approximate surface area is 132 Å². The Bertz CT molecular complexity index is 491. The van der Waals surface area contributed by atoms with E-state index in [1.165, 1.54) is 19.3 Å². The molecule has 5 nitrogen and oxygen atoms in total. The van der Waals surface area contributed by atoms with E-state index in [0.717, 1.165) is 31.0 Å². The lowest BCUT2D eigenvalue weighted by Gasteiger charge is -2.34. The predicted molar refractivity (Wildman–Crippen MR) is 91.9 cm³/mol. The Morgan fingerprint density at radius 3 is 2.95 bits per heavy atom. The molecule has 2 rings (SSSR count). The number of nitrogens with zero attached hydrogens (tertiary/aromatic N) is 3. The number of hydrogen-bond donors (Lipinski definition) is 2. The summed E-state index contributed by atoms with van der Waals surface area (Å²) in [6.07, 6.45) is 4.79. The second kappa shape index (κ2) is 7.54. The van der Waals surface area contributed by atoms with Gasteiger partial charge < -0.3 is 15.5 Å². The van der Waals surface area contributed by atoms with Gasteiger partial charge >= 0.3 is 0 Å². The van der Waals surface area contributed by atoms with Crippen molar-refractivity contribution in [1.82, 2.24) is 15.3 Å². The molecule has 1 aromatic heterocycles. The molecule has 6 heteroatoms. The molecule has 1 aliphatic heterocycles. The van der Waals surface area contributed by atoms with Crippen LogP contribution in [0.1, 0.15) is 45.2 Å². The normalized spacial score (nSPS) is 18.4. The van der Waals surface area contributed by atoms with Crippen LogP contribution in [0.25, 0.3) is 0 Å². The number of piperidine rings is 1. The third-order valence-corrected chi connectivity index (χ3v) is 3.95. The summed E-state index contributed by atoms with van der Waals surface area (Å²) < 4.78 is 0. The average molecular weight is 307 g/mol. The molecule has 1 fully saturated rings. The number of hydrogen-bond acceptors (Lipinski definition) is 4. The lowest BCUT2D eigenvalue weighted by molar-refractivity contribution is 0.481. The van der Waals surface area contributed by atoms with Gasteiger partial charge in [0, 0.05) is 30.9 Å². The SMILES string of the molecule is CCCNC(=S)Nc1nc(C)cc(N2CCCCC2C)n1. The summed E-state index contributed by atoms with van der Waals surface area (Å²) in [6, 6.07) is 2.58. The maximum atomic E-state index is 5.25. The van der Waals surface area contributed by atoms with Crippen LogP contribution >= 0.6 is 12.2 Å². The summed E-state index contributed by atoms with van der Waals surface area (Å²) in [5.41, 5.74) is 0.957. The van der Waals surface area contributed by atoms with Crippen LogP contribution in [0, 0.1) is 6.92 Å². The smallest absolute Gasteiger partial charge is 0.231 e. The van der Waals surface area contributed by atoms with Crippen LogP contribution < -0.4 is 15.5 Å². The highest BCUT2D eigenvalue weighted by Crippen LogP contribution is 2.24. The van der Waals surface area contributed by atoms with Crippen LogP contribution in [0.4, 0.5) is 11.8 Å². The van der Waals surface area contributed by atoms with Gasteiger partial charge in [-0.15, -0.1) is 0 Å². The topological polar surface area (TPSA) is 53.1 Å². The third-order valence-electron chi connectivity index (χ3n) is 3.70. The van der Waals surface area contributed by atoms with E-state index in [-0.39, 0.29) is 0 Å². The van der Waals surface area contributed by atoms with Crippen molar-refractivity contribution in [2.24, 2.45) is 0 Å². The van der Waals surface area contributed by atoms with E-state index < -0.39 is 0 Å². The zero-order valence-corrected chi connectivity index (χ0v) is 14.0. The molecule has 2 heterocycles. The number of rotatable bonds is 4. The van der Waals surface area contributed by atoms with Gasteiger partial charge in [0.05, 0.1) is 0 Å². The predicted octanol–water partition coefficient (Wildman–Crippen LogP) is 2.86. The second-order valence-electron chi connectivity index (χ2n) is 5.61. The molecule has 0 amide bonds. The highest BCUT2D eigenvalue weighted by atomic mass is 32.1. The van der Waals surface area contributed by atoms with Crippen molar-refractivity contribution in [2.45, 2.75) is 52.5 Å². The largest absolute Gasteiger partial charge is 0.362 e. The Hall–Kier alpha value is -1.43. The van der Waals surface area contributed by atoms with E-state index in [2.05, 4.69) is 45.4 Å². The van der Waals surface area contributed by atoms with E-state index in [9.17, 15) is 0 Å². The van der Waals surface area contributed by atoms with Gasteiger partial charge in [-0.25, -0.2) is 4.98 Å². The lowest BCUT2D eigenvalue weighted by Crippen LogP contribution is -2.38. The quantitative estimate of drug-likeness (QED) is 0.834. The minimum atomic E-state index is 0.533. The molecule has 0 bridgehead atoms. The molecule has 1 aliphatic rings. The van der Waals surface area contributed by atoms with Gasteiger partial charge in [0.2, 0.25) is 5.95 Å². The van der Waals surface area contributed by atoms with E-state index in [1.54, 1.807) is 0 Å². The third kappa shape index (κ3) is 4.52. The van der Waals surface area contributed by atoms with E-state index in [4.69, 9.17) is 12.2 Å². The highest BCUT2D eigenvalue weighted by Gasteiger charge is 2.20. The van der Waals surface area contributed by atoms with Crippen LogP contribution in [0.3, 0.4) is 0 Å². The Morgan fingerprint density at radius 2 is 2.24 bits per heavy atom. The Morgan fingerprint density at radius 1 is 1.43 bits per heavy atom. The molecule has 21 heavy (non-hydrogen) atoms. The first-order valence-electron chi connectivity index (χ1n) is 7.77. The molecule has 0 spiro atoms. The fourth-order valence-corrected chi connectivity index (χ4v) is 2.77. The van der Waals surface area contributed by atoms with Crippen molar-refractivity contribution in [2.75, 3.05) is 23.3 Å². The molecule has 1 atom stereocenters. The molecule has 0 aliphatic carbocycles. The van der Waals surface area contributed by atoms with Gasteiger partial charge in [-0.2, -0.15) is 4.98 Å². The number of anilines is 2. The molecule has 1 saturated heterocycles. The number of thiocarbonyl (C=S) groups is 1. The molecule has 116 valence electrons. The summed E-state index contributed by atoms with van der Waals surface area (Å²) >= 11 is 5.25. The van der Waals surface area contributed by atoms with Crippen LogP contribution in [0.15, 0.2) is 6.07 Å². The van der Waals surface area contributed by atoms with Crippen LogP contribution in [-0.4, -0.2) is 34.2 Å². The Kier molecular flexibility index (Phi) is 5.73. The zero-order chi connectivity index (χ0) is 15.2. The van der Waals surface area contributed by atoms with E-state index in [1.807, 2.05) is 6.92 Å². The molecule has 1 aromatic rings. The fourth-order valence-electron chi connectivity index (χ4n) is 2.58. The zero-order valence-electron chi connectivity index (χ0n) is 13.1. The first-order valence-corrected chi connectivity index (χ1v) is 8.18. The lowest BCUT2D eigenvalue weighted by atomic mass is 10.0. The number of nitrogens with one attached hydrogen (secondary N) is 2. The molecular formula is C15H25N5S. The summed E-state index contributed by atoms with van der Waals surface area (Å²) in [6.45, 7) is 8.28. The summed E-state index contributed by atoms with van der Waals surface area (Å²) in [5.74, 6) is 1.58. The standard InChI is InChI=1S/C15H25N5S/c1-4-8-16-15(21)19-14-17-11(2)10-13(18-14)20-9-6-5-7-12(20)3/h10,12H,4-9H2,1-3H3,(H2,16,17,18,19,21). The van der Waals surface area contributed by atoms with Crippen LogP contribution in [0.5, 0.6) is 0 Å². The first-order chi connectivity index (χ1) is 10.1. The van der Waals surface area contributed by atoms with Crippen molar-refractivity contribution < 1.29 is 0 Å². The minimum absolute atomic E-state index is 0.533. The maximum Gasteiger partial charge on any atom is 0.231 e. The van der Waals surface area contributed by atoms with E-state index in [0.29, 0.717) is 17.1 Å². The van der Waals surface area contributed by atoms with Gasteiger partial charge in [0.25, 0.3) is 0 Å². The number of aryl methyl sites for hydroxylation is 1. The van der Waals surface area contributed by atoms with Crippen molar-refractivity contribution >= 4 is 29.1 Å². The van der Waals surface area contributed by atoms with E-state index >= 15 is 0 Å². The monoisotopic (exact) mass is 307 g/mol. The molecule has 0 radical (unpaired) electrons. The van der Waals surface area contributed by atoms with Crippen molar-refractivity contribution in [3.8, 4) is 0 Å². The van der Waals surface area contributed by atoms with Gasteiger partial charge in [0.1, 0.15) is 5.82 Å². The van der Waals surface area contributed by atoms with Crippen LogP contribution in [0.2, 0.25) is 0 Å². The molecular weight excluding hydrogens is 282 g/mol. The maximum absolute atomic E-state index is 5.25. The second-order valence-corrected chi connectivity index (χ2v) is 6.02. The molecule has 1 unspecified atom stereocenters. The van der Waals surface area contributed by atoms with Crippen molar-refractivity contribution in [1.29, 1.82) is 0 Å². The van der Waals surface area contributed by atoms with Gasteiger partial charge in [-0.1, -0.05) is 6.92 Å². The summed E-state index contributed by atoms with van der Waals surface area (Å²) in [5, 5.41) is 6.80. The minimum Gasteiger partial charge on any atom is -0.362 e.